The van der Waals surface area contributed by atoms with Gasteiger partial charge in [0.2, 0.25) is 0 Å². The summed E-state index contributed by atoms with van der Waals surface area (Å²) in [5.41, 5.74) is 2.11. The fourth-order valence-electron chi connectivity index (χ4n) is 3.74. The van der Waals surface area contributed by atoms with Crippen LogP contribution < -0.4 is 10.1 Å². The predicted molar refractivity (Wildman–Crippen MR) is 125 cm³/mol. The van der Waals surface area contributed by atoms with E-state index in [2.05, 4.69) is 5.32 Å². The molecule has 0 aliphatic rings. The van der Waals surface area contributed by atoms with Gasteiger partial charge in [0, 0.05) is 6.42 Å². The molecule has 2 aromatic rings. The lowest BCUT2D eigenvalue weighted by atomic mass is 10.1. The van der Waals surface area contributed by atoms with Crippen LogP contribution in [0.25, 0.3) is 0 Å². The molecule has 0 heterocycles. The molecule has 178 valence electrons. The van der Waals surface area contributed by atoms with Crippen LogP contribution in [0.3, 0.4) is 0 Å². The van der Waals surface area contributed by atoms with Gasteiger partial charge in [0.25, 0.3) is 5.91 Å². The summed E-state index contributed by atoms with van der Waals surface area (Å²) in [6.45, 7) is 3.84. The molecule has 1 atom stereocenters. The van der Waals surface area contributed by atoms with Crippen LogP contribution in [0.15, 0.2) is 42.5 Å². The molecule has 0 bridgehead atoms. The molecule has 0 aliphatic carbocycles. The third-order valence-electron chi connectivity index (χ3n) is 5.51. The maximum Gasteiger partial charge on any atom is 0.362 e. The molecule has 0 aromatic heterocycles. The lowest BCUT2D eigenvalue weighted by molar-refractivity contribution is -0.898. The number of methoxy groups -OCH3 is 2. The van der Waals surface area contributed by atoms with Crippen molar-refractivity contribution in [1.82, 2.24) is 0 Å². The lowest BCUT2D eigenvalue weighted by Crippen LogP contribution is -2.56. The van der Waals surface area contributed by atoms with Crippen molar-refractivity contribution in [3.63, 3.8) is 0 Å². The summed E-state index contributed by atoms with van der Waals surface area (Å²) in [7, 11) is 6.38. The van der Waals surface area contributed by atoms with Gasteiger partial charge in [-0.25, -0.2) is 9.59 Å². The fourth-order valence-corrected chi connectivity index (χ4v) is 3.74. The Bertz CT molecular complexity index is 988. The number of anilines is 1. The smallest absolute Gasteiger partial charge is 0.362 e. The molecule has 0 spiro atoms. The highest BCUT2D eigenvalue weighted by Gasteiger charge is 2.36. The third kappa shape index (κ3) is 6.79. The third-order valence-corrected chi connectivity index (χ3v) is 5.51. The van der Waals surface area contributed by atoms with Crippen LogP contribution in [-0.2, 0) is 25.7 Å². The van der Waals surface area contributed by atoms with Crippen molar-refractivity contribution in [1.29, 1.82) is 0 Å². The van der Waals surface area contributed by atoms with Crippen molar-refractivity contribution < 1.29 is 33.1 Å². The van der Waals surface area contributed by atoms with E-state index in [0.717, 1.165) is 5.56 Å². The fraction of sp³-hybridized carbons (Fsp3) is 0.400. The molecule has 8 nitrogen and oxygen atoms in total. The van der Waals surface area contributed by atoms with Gasteiger partial charge in [0.1, 0.15) is 12.4 Å². The van der Waals surface area contributed by atoms with E-state index in [1.54, 1.807) is 27.1 Å². The average Bonchev–Trinajstić information content (AvgIpc) is 2.78. The molecule has 0 saturated carbocycles. The Morgan fingerprint density at radius 3 is 2.30 bits per heavy atom. The number of quaternary nitrogens is 1. The highest BCUT2D eigenvalue weighted by molar-refractivity contribution is 6.03. The van der Waals surface area contributed by atoms with Gasteiger partial charge in [-0.2, -0.15) is 0 Å². The number of aryl methyl sites for hydroxylation is 1. The number of nitrogens with zero attached hydrogens (tertiary/aromatic N) is 1. The Morgan fingerprint density at radius 1 is 1.06 bits per heavy atom. The molecule has 2 rings (SSSR count). The maximum absolute atomic E-state index is 13.3. The van der Waals surface area contributed by atoms with Gasteiger partial charge in [0.15, 0.2) is 12.6 Å². The van der Waals surface area contributed by atoms with E-state index in [4.69, 9.17) is 14.2 Å². The van der Waals surface area contributed by atoms with Crippen molar-refractivity contribution in [2.75, 3.05) is 40.2 Å². The Hall–Kier alpha value is -3.39. The second-order valence-electron chi connectivity index (χ2n) is 8.35. The van der Waals surface area contributed by atoms with Crippen LogP contribution in [0, 0.1) is 6.92 Å². The normalized spacial score (nSPS) is 11.9. The SMILES string of the molecule is CCC(C(=O)Nc1c(C)cc(OC)cc1C(=O)OC)[N+](C)(C)CC(=O)OCc1ccccc1. The standard InChI is InChI=1S/C25H32N2O6/c1-7-21(27(3,4)15-22(28)33-16-18-11-9-8-10-12-18)24(29)26-23-17(2)13-19(31-5)14-20(23)25(30)32-6/h8-14,21H,7,15-16H2,1-6H3/p+1. The molecule has 8 heteroatoms. The van der Waals surface area contributed by atoms with Gasteiger partial charge >= 0.3 is 11.9 Å². The zero-order chi connectivity index (χ0) is 24.6. The summed E-state index contributed by atoms with van der Waals surface area (Å²) in [6.07, 6.45) is 0.480. The van der Waals surface area contributed by atoms with Crippen molar-refractivity contribution in [3.05, 3.63) is 59.2 Å². The van der Waals surface area contributed by atoms with E-state index in [9.17, 15) is 14.4 Å². The second-order valence-corrected chi connectivity index (χ2v) is 8.35. The predicted octanol–water partition coefficient (Wildman–Crippen LogP) is 3.33. The molecule has 1 unspecified atom stereocenters. The molecule has 33 heavy (non-hydrogen) atoms. The van der Waals surface area contributed by atoms with Crippen molar-refractivity contribution in [2.24, 2.45) is 0 Å². The van der Waals surface area contributed by atoms with E-state index in [1.807, 2.05) is 37.3 Å². The average molecular weight is 458 g/mol. The first-order chi connectivity index (χ1) is 15.6. The van der Waals surface area contributed by atoms with E-state index < -0.39 is 18.0 Å². The maximum atomic E-state index is 13.3. The number of esters is 2. The van der Waals surface area contributed by atoms with E-state index in [1.165, 1.54) is 20.3 Å². The number of carbonyl (C=O) groups is 3. The van der Waals surface area contributed by atoms with E-state index in [-0.39, 0.29) is 29.1 Å². The number of hydrogen-bond donors (Lipinski definition) is 1. The van der Waals surface area contributed by atoms with E-state index >= 15 is 0 Å². The minimum atomic E-state index is -0.585. The van der Waals surface area contributed by atoms with Crippen LogP contribution in [0.4, 0.5) is 5.69 Å². The summed E-state index contributed by atoms with van der Waals surface area (Å²) < 4.78 is 15.6. The molecule has 2 aromatic carbocycles. The first-order valence-electron chi connectivity index (χ1n) is 10.7. The van der Waals surface area contributed by atoms with Gasteiger partial charge in [-0.15, -0.1) is 0 Å². The molecular formula is C25H33N2O6+. The van der Waals surface area contributed by atoms with Gasteiger partial charge in [-0.05, 0) is 30.2 Å². The van der Waals surface area contributed by atoms with Crippen LogP contribution in [0.2, 0.25) is 0 Å². The number of nitrogens with one attached hydrogen (secondary N) is 1. The lowest BCUT2D eigenvalue weighted by Gasteiger charge is -2.35. The molecule has 0 radical (unpaired) electrons. The first kappa shape index (κ1) is 25.9. The monoisotopic (exact) mass is 457 g/mol. The topological polar surface area (TPSA) is 90.9 Å². The molecule has 0 saturated heterocycles. The van der Waals surface area contributed by atoms with Gasteiger partial charge in [0.05, 0.1) is 39.6 Å². The second kappa shape index (κ2) is 11.5. The van der Waals surface area contributed by atoms with Crippen LogP contribution in [0.5, 0.6) is 5.75 Å². The van der Waals surface area contributed by atoms with Crippen LogP contribution in [0.1, 0.15) is 34.8 Å². The summed E-state index contributed by atoms with van der Waals surface area (Å²) in [5.74, 6) is -0.809. The Balaban J connectivity index is 2.16. The number of benzene rings is 2. The first-order valence-corrected chi connectivity index (χ1v) is 10.7. The van der Waals surface area contributed by atoms with Gasteiger partial charge < -0.3 is 24.0 Å². The number of rotatable bonds is 10. The van der Waals surface area contributed by atoms with E-state index in [0.29, 0.717) is 23.4 Å². The summed E-state index contributed by atoms with van der Waals surface area (Å²) in [5, 5.41) is 2.87. The molecule has 1 amide bonds. The minimum Gasteiger partial charge on any atom is -0.497 e. The summed E-state index contributed by atoms with van der Waals surface area (Å²) in [6, 6.07) is 12.1. The number of carbonyl (C=O) groups excluding carboxylic acids is 3. The largest absolute Gasteiger partial charge is 0.497 e. The number of ether oxygens (including phenoxy) is 3. The van der Waals surface area contributed by atoms with Gasteiger partial charge in [-0.1, -0.05) is 37.3 Å². The zero-order valence-electron chi connectivity index (χ0n) is 20.1. The van der Waals surface area contributed by atoms with Crippen molar-refractivity contribution in [2.45, 2.75) is 32.9 Å². The minimum absolute atomic E-state index is 0.0181. The highest BCUT2D eigenvalue weighted by atomic mass is 16.5. The molecule has 0 aliphatic heterocycles. The number of hydrogen-bond acceptors (Lipinski definition) is 6. The summed E-state index contributed by atoms with van der Waals surface area (Å²) >= 11 is 0. The van der Waals surface area contributed by atoms with Crippen molar-refractivity contribution >= 4 is 23.5 Å². The van der Waals surface area contributed by atoms with Gasteiger partial charge in [-0.3, -0.25) is 4.79 Å². The number of likely N-dealkylation sites (N-methyl/N-ethyl adjacent to an activating group) is 1. The highest BCUT2D eigenvalue weighted by Crippen LogP contribution is 2.28. The Morgan fingerprint density at radius 2 is 1.73 bits per heavy atom. The zero-order valence-corrected chi connectivity index (χ0v) is 20.1. The number of amides is 1. The molecular weight excluding hydrogens is 424 g/mol. The molecule has 1 N–H and O–H groups in total. The van der Waals surface area contributed by atoms with Crippen LogP contribution in [-0.4, -0.2) is 63.2 Å². The summed E-state index contributed by atoms with van der Waals surface area (Å²) in [4.78, 5) is 38.1. The van der Waals surface area contributed by atoms with Crippen LogP contribution >= 0.6 is 0 Å². The quantitative estimate of drug-likeness (QED) is 0.435. The Labute approximate surface area is 195 Å². The Kier molecular flexibility index (Phi) is 8.99. The van der Waals surface area contributed by atoms with Crippen molar-refractivity contribution in [3.8, 4) is 5.75 Å². The molecule has 0 fully saturated rings.